The van der Waals surface area contributed by atoms with Gasteiger partial charge >= 0.3 is 0 Å². The molecule has 0 atom stereocenters. The van der Waals surface area contributed by atoms with Crippen molar-refractivity contribution in [2.45, 2.75) is 91.9 Å². The first-order valence-corrected chi connectivity index (χ1v) is 14.1. The van der Waals surface area contributed by atoms with Gasteiger partial charge in [0.05, 0.1) is 11.0 Å². The summed E-state index contributed by atoms with van der Waals surface area (Å²) in [7, 11) is -0.420. The molecule has 158 valence electrons. The number of aromatic amines is 1. The Morgan fingerprint density at radius 3 is 1.14 bits per heavy atom. The summed E-state index contributed by atoms with van der Waals surface area (Å²) in [6, 6.07) is 9.73. The normalized spacial score (nSPS) is 13.0. The molecule has 3 heteroatoms. The molecule has 0 saturated carbocycles. The van der Waals surface area contributed by atoms with E-state index in [0.29, 0.717) is 22.6 Å². The second kappa shape index (κ2) is 8.69. The molecule has 0 spiro atoms. The van der Waals surface area contributed by atoms with Crippen LogP contribution >= 0.6 is 15.8 Å². The van der Waals surface area contributed by atoms with Gasteiger partial charge in [-0.05, 0) is 71.9 Å². The lowest BCUT2D eigenvalue weighted by Gasteiger charge is -2.27. The van der Waals surface area contributed by atoms with Gasteiger partial charge in [0, 0.05) is 21.4 Å². The van der Waals surface area contributed by atoms with Gasteiger partial charge in [0.15, 0.2) is 0 Å². The van der Waals surface area contributed by atoms with E-state index in [1.54, 1.807) is 10.6 Å². The average molecular weight is 428 g/mol. The maximum absolute atomic E-state index is 3.98. The van der Waals surface area contributed by atoms with Crippen LogP contribution in [-0.2, 0) is 0 Å². The standard InChI is InChI=1S/C26H39NP2/c1-15(2)28(16(3)4)23-13-19(9)11-21-22-12-20(10)14-24(26(22)27-25(21)23)29(17(5)6)18(7)8/h11-18,27H,1-10H3. The minimum atomic E-state index is -0.210. The molecule has 1 aromatic heterocycles. The van der Waals surface area contributed by atoms with Crippen LogP contribution in [0.3, 0.4) is 0 Å². The molecule has 29 heavy (non-hydrogen) atoms. The molecule has 0 saturated heterocycles. The van der Waals surface area contributed by atoms with E-state index in [1.165, 1.54) is 32.9 Å². The maximum atomic E-state index is 3.98. The van der Waals surface area contributed by atoms with Crippen molar-refractivity contribution in [3.05, 3.63) is 35.4 Å². The molecule has 1 N–H and O–H groups in total. The van der Waals surface area contributed by atoms with E-state index in [4.69, 9.17) is 0 Å². The Kier molecular flexibility index (Phi) is 6.82. The molecule has 0 aliphatic heterocycles. The molecular weight excluding hydrogens is 388 g/mol. The van der Waals surface area contributed by atoms with Gasteiger partial charge in [-0.3, -0.25) is 0 Å². The molecule has 1 nitrogen and oxygen atoms in total. The van der Waals surface area contributed by atoms with Crippen molar-refractivity contribution >= 4 is 48.3 Å². The van der Waals surface area contributed by atoms with Crippen LogP contribution in [0, 0.1) is 13.8 Å². The number of aryl methyl sites for hydroxylation is 2. The monoisotopic (exact) mass is 427 g/mol. The lowest BCUT2D eigenvalue weighted by atomic mass is 10.1. The predicted molar refractivity (Wildman–Crippen MR) is 139 cm³/mol. The molecule has 2 aromatic carbocycles. The van der Waals surface area contributed by atoms with Crippen molar-refractivity contribution in [1.29, 1.82) is 0 Å². The summed E-state index contributed by atoms with van der Waals surface area (Å²) in [6.07, 6.45) is 0. The highest BCUT2D eigenvalue weighted by Crippen LogP contribution is 2.49. The lowest BCUT2D eigenvalue weighted by molar-refractivity contribution is 1.02. The highest BCUT2D eigenvalue weighted by atomic mass is 31.1. The van der Waals surface area contributed by atoms with Gasteiger partial charge in [-0.15, -0.1) is 0 Å². The fraction of sp³-hybridized carbons (Fsp3) is 0.538. The Bertz CT molecular complexity index is 914. The molecule has 0 aliphatic rings. The Labute approximate surface area is 180 Å². The maximum Gasteiger partial charge on any atom is 0.0543 e. The number of fused-ring (bicyclic) bond motifs is 3. The van der Waals surface area contributed by atoms with E-state index < -0.39 is 0 Å². The lowest BCUT2D eigenvalue weighted by Crippen LogP contribution is -2.17. The fourth-order valence-electron chi connectivity index (χ4n) is 5.06. The summed E-state index contributed by atoms with van der Waals surface area (Å²) in [4.78, 5) is 3.98. The minimum absolute atomic E-state index is 0.210. The molecule has 0 bridgehead atoms. The van der Waals surface area contributed by atoms with Crippen LogP contribution in [0.2, 0.25) is 0 Å². The topological polar surface area (TPSA) is 15.8 Å². The smallest absolute Gasteiger partial charge is 0.0543 e. The van der Waals surface area contributed by atoms with Crippen molar-refractivity contribution < 1.29 is 0 Å². The third kappa shape index (κ3) is 4.29. The highest BCUT2D eigenvalue weighted by Gasteiger charge is 2.26. The molecule has 0 fully saturated rings. The van der Waals surface area contributed by atoms with E-state index in [1.807, 2.05) is 0 Å². The van der Waals surface area contributed by atoms with Crippen LogP contribution in [0.25, 0.3) is 21.8 Å². The van der Waals surface area contributed by atoms with Gasteiger partial charge in [0.1, 0.15) is 0 Å². The number of aromatic nitrogens is 1. The first-order valence-electron chi connectivity index (χ1n) is 11.2. The van der Waals surface area contributed by atoms with Gasteiger partial charge in [-0.2, -0.15) is 0 Å². The zero-order valence-electron chi connectivity index (χ0n) is 20.0. The first-order chi connectivity index (χ1) is 13.5. The summed E-state index contributed by atoms with van der Waals surface area (Å²) in [5.74, 6) is 0. The van der Waals surface area contributed by atoms with Crippen LogP contribution in [-0.4, -0.2) is 27.6 Å². The molecule has 3 rings (SSSR count). The van der Waals surface area contributed by atoms with E-state index in [2.05, 4.69) is 98.5 Å². The van der Waals surface area contributed by atoms with Crippen molar-refractivity contribution in [3.63, 3.8) is 0 Å². The van der Waals surface area contributed by atoms with E-state index in [-0.39, 0.29) is 15.8 Å². The summed E-state index contributed by atoms with van der Waals surface area (Å²) in [5.41, 5.74) is 8.32. The zero-order valence-corrected chi connectivity index (χ0v) is 21.8. The van der Waals surface area contributed by atoms with Crippen LogP contribution in [0.4, 0.5) is 0 Å². The summed E-state index contributed by atoms with van der Waals surface area (Å²) in [6.45, 7) is 23.7. The summed E-state index contributed by atoms with van der Waals surface area (Å²) >= 11 is 0. The summed E-state index contributed by atoms with van der Waals surface area (Å²) in [5, 5.41) is 5.99. The molecular formula is C26H39NP2. The number of hydrogen-bond donors (Lipinski definition) is 1. The van der Waals surface area contributed by atoms with Gasteiger partial charge in [-0.25, -0.2) is 0 Å². The Balaban J connectivity index is 2.42. The van der Waals surface area contributed by atoms with Crippen molar-refractivity contribution in [3.8, 4) is 0 Å². The Morgan fingerprint density at radius 1 is 0.552 bits per heavy atom. The van der Waals surface area contributed by atoms with Gasteiger partial charge in [0.25, 0.3) is 0 Å². The van der Waals surface area contributed by atoms with E-state index in [9.17, 15) is 0 Å². The van der Waals surface area contributed by atoms with E-state index >= 15 is 0 Å². The molecule has 1 heterocycles. The molecule has 0 aliphatic carbocycles. The number of H-pyrrole nitrogens is 1. The third-order valence-electron chi connectivity index (χ3n) is 5.85. The first kappa shape index (κ1) is 22.8. The molecule has 0 radical (unpaired) electrons. The van der Waals surface area contributed by atoms with Crippen molar-refractivity contribution in [2.24, 2.45) is 0 Å². The van der Waals surface area contributed by atoms with Crippen molar-refractivity contribution in [1.82, 2.24) is 4.98 Å². The average Bonchev–Trinajstić information content (AvgIpc) is 2.92. The Hall–Kier alpha value is -0.900. The van der Waals surface area contributed by atoms with E-state index in [0.717, 1.165) is 0 Å². The Morgan fingerprint density at radius 2 is 0.862 bits per heavy atom. The number of benzene rings is 2. The van der Waals surface area contributed by atoms with Crippen LogP contribution in [0.15, 0.2) is 24.3 Å². The SMILES string of the molecule is Cc1cc(P(C(C)C)C(C)C)c2[nH]c3c(P(C(C)C)C(C)C)cc(C)cc3c2c1. The highest BCUT2D eigenvalue weighted by molar-refractivity contribution is 7.67. The van der Waals surface area contributed by atoms with Crippen molar-refractivity contribution in [2.75, 3.05) is 0 Å². The quantitative estimate of drug-likeness (QED) is 0.387. The number of nitrogens with one attached hydrogen (secondary N) is 1. The molecule has 0 unspecified atom stereocenters. The van der Waals surface area contributed by atoms with Gasteiger partial charge < -0.3 is 4.98 Å². The van der Waals surface area contributed by atoms with Crippen LogP contribution < -0.4 is 10.6 Å². The number of hydrogen-bond acceptors (Lipinski definition) is 0. The second-order valence-corrected chi connectivity index (χ2v) is 16.5. The number of rotatable bonds is 6. The molecule has 3 aromatic rings. The van der Waals surface area contributed by atoms with Crippen LogP contribution in [0.5, 0.6) is 0 Å². The second-order valence-electron chi connectivity index (χ2n) is 9.73. The van der Waals surface area contributed by atoms with Gasteiger partial charge in [-0.1, -0.05) is 71.2 Å². The fourth-order valence-corrected chi connectivity index (χ4v) is 11.2. The minimum Gasteiger partial charge on any atom is -0.353 e. The largest absolute Gasteiger partial charge is 0.353 e. The van der Waals surface area contributed by atoms with Gasteiger partial charge in [0.2, 0.25) is 0 Å². The third-order valence-corrected chi connectivity index (χ3v) is 12.1. The summed E-state index contributed by atoms with van der Waals surface area (Å²) < 4.78 is 0. The zero-order chi connectivity index (χ0) is 21.6. The molecule has 0 amide bonds. The predicted octanol–water partition coefficient (Wildman–Crippen LogP) is 7.79. The van der Waals surface area contributed by atoms with Crippen LogP contribution in [0.1, 0.15) is 66.5 Å².